The van der Waals surface area contributed by atoms with Gasteiger partial charge < -0.3 is 15.3 Å². The van der Waals surface area contributed by atoms with Crippen molar-refractivity contribution in [2.45, 2.75) is 0 Å². The Morgan fingerprint density at radius 1 is 1.09 bits per heavy atom. The smallest absolute Gasteiger partial charge is 0.336 e. The number of carbonyl (C=O) groups is 1. The summed E-state index contributed by atoms with van der Waals surface area (Å²) in [6.07, 6.45) is 1.42. The van der Waals surface area contributed by atoms with Crippen LogP contribution in [0.4, 0.5) is 17.2 Å². The molecule has 1 aromatic heterocycles. The summed E-state index contributed by atoms with van der Waals surface area (Å²) in [5.74, 6) is -0.526. The molecule has 0 aliphatic heterocycles. The van der Waals surface area contributed by atoms with Crippen molar-refractivity contribution in [1.82, 2.24) is 9.97 Å². The third-order valence-electron chi connectivity index (χ3n) is 3.54. The van der Waals surface area contributed by atoms with Crippen LogP contribution in [0.1, 0.15) is 10.4 Å². The quantitative estimate of drug-likeness (QED) is 0.771. The SMILES string of the molecule is CN(C)c1ccc(Nc2ncnc3cccc(C(=O)O)c23)cc1. The zero-order valence-corrected chi connectivity index (χ0v) is 12.8. The van der Waals surface area contributed by atoms with Crippen molar-refractivity contribution >= 4 is 34.1 Å². The van der Waals surface area contributed by atoms with Crippen LogP contribution in [-0.2, 0) is 0 Å². The van der Waals surface area contributed by atoms with Crippen molar-refractivity contribution < 1.29 is 9.90 Å². The number of nitrogens with one attached hydrogen (secondary N) is 1. The predicted octanol–water partition coefficient (Wildman–Crippen LogP) is 3.14. The summed E-state index contributed by atoms with van der Waals surface area (Å²) in [5.41, 5.74) is 2.67. The van der Waals surface area contributed by atoms with Crippen LogP contribution in [0.15, 0.2) is 48.8 Å². The van der Waals surface area contributed by atoms with E-state index in [1.54, 1.807) is 18.2 Å². The molecule has 0 saturated carbocycles. The molecule has 0 spiro atoms. The summed E-state index contributed by atoms with van der Waals surface area (Å²) < 4.78 is 0. The Morgan fingerprint density at radius 3 is 2.48 bits per heavy atom. The van der Waals surface area contributed by atoms with E-state index in [9.17, 15) is 9.90 Å². The number of carboxylic acid groups (broad SMARTS) is 1. The van der Waals surface area contributed by atoms with Gasteiger partial charge in [-0.1, -0.05) is 6.07 Å². The van der Waals surface area contributed by atoms with E-state index in [1.165, 1.54) is 6.33 Å². The molecule has 23 heavy (non-hydrogen) atoms. The summed E-state index contributed by atoms with van der Waals surface area (Å²) in [5, 5.41) is 13.1. The standard InChI is InChI=1S/C17H16N4O2/c1-21(2)12-8-6-11(7-9-12)20-16-15-13(17(22)23)4-3-5-14(15)18-10-19-16/h3-10H,1-2H3,(H,22,23)(H,18,19,20). The van der Waals surface area contributed by atoms with Crippen LogP contribution < -0.4 is 10.2 Å². The predicted molar refractivity (Wildman–Crippen MR) is 90.5 cm³/mol. The van der Waals surface area contributed by atoms with Gasteiger partial charge in [-0.05, 0) is 36.4 Å². The highest BCUT2D eigenvalue weighted by Gasteiger charge is 2.13. The topological polar surface area (TPSA) is 78.3 Å². The maximum Gasteiger partial charge on any atom is 0.336 e. The second kappa shape index (κ2) is 5.92. The molecule has 3 aromatic rings. The van der Waals surface area contributed by atoms with Gasteiger partial charge in [0.1, 0.15) is 12.1 Å². The molecule has 0 amide bonds. The van der Waals surface area contributed by atoms with Gasteiger partial charge in [-0.15, -0.1) is 0 Å². The molecule has 0 unspecified atom stereocenters. The number of fused-ring (bicyclic) bond motifs is 1. The Labute approximate surface area is 133 Å². The van der Waals surface area contributed by atoms with Crippen LogP contribution in [0.3, 0.4) is 0 Å². The number of aromatic carboxylic acids is 1. The molecule has 0 aliphatic carbocycles. The van der Waals surface area contributed by atoms with Crippen molar-refractivity contribution in [2.75, 3.05) is 24.3 Å². The van der Waals surface area contributed by atoms with Crippen LogP contribution >= 0.6 is 0 Å². The van der Waals surface area contributed by atoms with Crippen LogP contribution in [0.5, 0.6) is 0 Å². The van der Waals surface area contributed by atoms with Gasteiger partial charge in [-0.2, -0.15) is 0 Å². The number of hydrogen-bond donors (Lipinski definition) is 2. The van der Waals surface area contributed by atoms with E-state index in [-0.39, 0.29) is 5.56 Å². The fourth-order valence-corrected chi connectivity index (χ4v) is 2.36. The Bertz CT molecular complexity index is 855. The second-order valence-electron chi connectivity index (χ2n) is 5.29. The molecule has 1 heterocycles. The zero-order valence-electron chi connectivity index (χ0n) is 12.8. The van der Waals surface area contributed by atoms with Gasteiger partial charge in [0.15, 0.2) is 0 Å². The third-order valence-corrected chi connectivity index (χ3v) is 3.54. The monoisotopic (exact) mass is 308 g/mol. The maximum absolute atomic E-state index is 11.5. The number of rotatable bonds is 4. The highest BCUT2D eigenvalue weighted by Crippen LogP contribution is 2.27. The van der Waals surface area contributed by atoms with Gasteiger partial charge in [0.05, 0.1) is 16.5 Å². The number of anilines is 3. The van der Waals surface area contributed by atoms with E-state index in [4.69, 9.17) is 0 Å². The molecule has 0 atom stereocenters. The van der Waals surface area contributed by atoms with Crippen molar-refractivity contribution in [2.24, 2.45) is 0 Å². The molecule has 6 nitrogen and oxygen atoms in total. The first kappa shape index (κ1) is 14.8. The van der Waals surface area contributed by atoms with Gasteiger partial charge in [0.2, 0.25) is 0 Å². The van der Waals surface area contributed by atoms with Gasteiger partial charge in [-0.3, -0.25) is 0 Å². The molecule has 6 heteroatoms. The lowest BCUT2D eigenvalue weighted by Gasteiger charge is -2.14. The van der Waals surface area contributed by atoms with Gasteiger partial charge >= 0.3 is 5.97 Å². The molecular formula is C17H16N4O2. The molecule has 2 N–H and O–H groups in total. The van der Waals surface area contributed by atoms with Crippen LogP contribution in [0.25, 0.3) is 10.9 Å². The highest BCUT2D eigenvalue weighted by molar-refractivity contribution is 6.07. The normalized spacial score (nSPS) is 10.5. The average molecular weight is 308 g/mol. The Morgan fingerprint density at radius 2 is 1.83 bits per heavy atom. The summed E-state index contributed by atoms with van der Waals surface area (Å²) in [6.45, 7) is 0. The van der Waals surface area contributed by atoms with Gasteiger partial charge in [-0.25, -0.2) is 14.8 Å². The Balaban J connectivity index is 2.04. The van der Waals surface area contributed by atoms with Crippen molar-refractivity contribution in [3.8, 4) is 0 Å². The summed E-state index contributed by atoms with van der Waals surface area (Å²) in [7, 11) is 3.94. The van der Waals surface area contributed by atoms with E-state index in [0.29, 0.717) is 16.7 Å². The van der Waals surface area contributed by atoms with Gasteiger partial charge in [0, 0.05) is 25.5 Å². The number of benzene rings is 2. The summed E-state index contributed by atoms with van der Waals surface area (Å²) in [6, 6.07) is 12.8. The Hall–Kier alpha value is -3.15. The third kappa shape index (κ3) is 2.91. The van der Waals surface area contributed by atoms with Crippen LogP contribution in [0, 0.1) is 0 Å². The maximum atomic E-state index is 11.5. The number of carboxylic acids is 1. The fourth-order valence-electron chi connectivity index (χ4n) is 2.36. The number of hydrogen-bond acceptors (Lipinski definition) is 5. The lowest BCUT2D eigenvalue weighted by atomic mass is 10.1. The molecule has 0 aliphatic rings. The Kier molecular flexibility index (Phi) is 3.80. The molecule has 2 aromatic carbocycles. The molecular weight excluding hydrogens is 292 g/mol. The van der Waals surface area contributed by atoms with E-state index >= 15 is 0 Å². The van der Waals surface area contributed by atoms with Crippen molar-refractivity contribution in [3.63, 3.8) is 0 Å². The fraction of sp³-hybridized carbons (Fsp3) is 0.118. The highest BCUT2D eigenvalue weighted by atomic mass is 16.4. The molecule has 0 saturated heterocycles. The number of nitrogens with zero attached hydrogens (tertiary/aromatic N) is 3. The second-order valence-corrected chi connectivity index (χ2v) is 5.29. The summed E-state index contributed by atoms with van der Waals surface area (Å²) >= 11 is 0. The minimum atomic E-state index is -1.00. The van der Waals surface area contributed by atoms with E-state index in [1.807, 2.05) is 43.3 Å². The molecule has 3 rings (SSSR count). The summed E-state index contributed by atoms with van der Waals surface area (Å²) in [4.78, 5) is 21.8. The van der Waals surface area contributed by atoms with Crippen LogP contribution in [0.2, 0.25) is 0 Å². The lowest BCUT2D eigenvalue weighted by Crippen LogP contribution is -2.08. The van der Waals surface area contributed by atoms with Crippen LogP contribution in [-0.4, -0.2) is 35.1 Å². The van der Waals surface area contributed by atoms with E-state index in [0.717, 1.165) is 11.4 Å². The first-order chi connectivity index (χ1) is 11.1. The van der Waals surface area contributed by atoms with Gasteiger partial charge in [0.25, 0.3) is 0 Å². The van der Waals surface area contributed by atoms with Crippen molar-refractivity contribution in [1.29, 1.82) is 0 Å². The molecule has 0 fully saturated rings. The lowest BCUT2D eigenvalue weighted by molar-refractivity contribution is 0.0699. The molecule has 0 bridgehead atoms. The average Bonchev–Trinajstić information content (AvgIpc) is 2.55. The largest absolute Gasteiger partial charge is 0.478 e. The van der Waals surface area contributed by atoms with E-state index in [2.05, 4.69) is 15.3 Å². The van der Waals surface area contributed by atoms with Crippen molar-refractivity contribution in [3.05, 3.63) is 54.4 Å². The molecule has 0 radical (unpaired) electrons. The first-order valence-electron chi connectivity index (χ1n) is 7.07. The van der Waals surface area contributed by atoms with E-state index < -0.39 is 5.97 Å². The zero-order chi connectivity index (χ0) is 16.4. The minimum Gasteiger partial charge on any atom is -0.478 e. The number of aromatic nitrogens is 2. The minimum absolute atomic E-state index is 0.176. The molecule has 116 valence electrons. The first-order valence-corrected chi connectivity index (χ1v) is 7.07.